The van der Waals surface area contributed by atoms with E-state index in [0.717, 1.165) is 0 Å². The normalized spacial score (nSPS) is 16.8. The fraction of sp³-hybridized carbons (Fsp3) is 0.167. The minimum Gasteiger partial charge on any atom is -0.545 e. The molecule has 2 aromatic rings. The summed E-state index contributed by atoms with van der Waals surface area (Å²) in [5.41, 5.74) is 1.01. The van der Waals surface area contributed by atoms with Crippen molar-refractivity contribution >= 4 is 40.8 Å². The SMILES string of the molecule is O=C([O-])c1cccc(NC(=O)[C@H]2CC(=O)N(c3ccc(Cl)cc3)C2)c1. The van der Waals surface area contributed by atoms with E-state index in [1.54, 1.807) is 30.3 Å². The third-order valence-corrected chi connectivity index (χ3v) is 4.25. The van der Waals surface area contributed by atoms with E-state index in [1.165, 1.54) is 23.1 Å². The molecular formula is C18H14ClN2O4-. The summed E-state index contributed by atoms with van der Waals surface area (Å²) in [6.45, 7) is 0.256. The Balaban J connectivity index is 1.69. The van der Waals surface area contributed by atoms with Gasteiger partial charge in [-0.25, -0.2) is 0 Å². The standard InChI is InChI=1S/C18H15ClN2O4/c19-13-4-6-15(7-5-13)21-10-12(9-16(21)22)17(23)20-14-3-1-2-11(8-14)18(24)25/h1-8,12H,9-10H2,(H,20,23)(H,24,25)/p-1/t12-/m0/s1. The first-order chi connectivity index (χ1) is 11.9. The zero-order chi connectivity index (χ0) is 18.0. The van der Waals surface area contributed by atoms with Gasteiger partial charge in [-0.05, 0) is 42.0 Å². The second kappa shape index (κ2) is 6.94. The Bertz CT molecular complexity index is 835. The number of aromatic carboxylic acids is 1. The molecule has 0 saturated carbocycles. The number of amides is 2. The minimum atomic E-state index is -1.32. The van der Waals surface area contributed by atoms with Crippen molar-refractivity contribution in [3.8, 4) is 0 Å². The average Bonchev–Trinajstić information content (AvgIpc) is 2.98. The second-order valence-corrected chi connectivity index (χ2v) is 6.18. The highest BCUT2D eigenvalue weighted by molar-refractivity contribution is 6.30. The lowest BCUT2D eigenvalue weighted by Crippen LogP contribution is -2.28. The van der Waals surface area contributed by atoms with Crippen molar-refractivity contribution in [3.05, 3.63) is 59.1 Å². The molecule has 128 valence electrons. The number of anilines is 2. The van der Waals surface area contributed by atoms with Gasteiger partial charge in [-0.3, -0.25) is 9.59 Å². The van der Waals surface area contributed by atoms with Gasteiger partial charge in [-0.2, -0.15) is 0 Å². The fourth-order valence-electron chi connectivity index (χ4n) is 2.72. The molecule has 25 heavy (non-hydrogen) atoms. The van der Waals surface area contributed by atoms with Crippen LogP contribution in [0.3, 0.4) is 0 Å². The van der Waals surface area contributed by atoms with Crippen LogP contribution in [0, 0.1) is 5.92 Å². The van der Waals surface area contributed by atoms with Crippen LogP contribution in [-0.2, 0) is 9.59 Å². The largest absolute Gasteiger partial charge is 0.545 e. The van der Waals surface area contributed by atoms with Crippen LogP contribution in [-0.4, -0.2) is 24.3 Å². The van der Waals surface area contributed by atoms with Gasteiger partial charge in [0.05, 0.1) is 11.9 Å². The summed E-state index contributed by atoms with van der Waals surface area (Å²) in [6.07, 6.45) is 0.0919. The number of rotatable bonds is 4. The Kier molecular flexibility index (Phi) is 4.72. The molecular weight excluding hydrogens is 344 g/mol. The first-order valence-corrected chi connectivity index (χ1v) is 8.00. The van der Waals surface area contributed by atoms with Crippen LogP contribution >= 0.6 is 11.6 Å². The van der Waals surface area contributed by atoms with Crippen LogP contribution < -0.4 is 15.3 Å². The lowest BCUT2D eigenvalue weighted by atomic mass is 10.1. The molecule has 1 saturated heterocycles. The number of nitrogens with zero attached hydrogens (tertiary/aromatic N) is 1. The number of halogens is 1. The second-order valence-electron chi connectivity index (χ2n) is 5.74. The van der Waals surface area contributed by atoms with E-state index in [1.807, 2.05) is 0 Å². The van der Waals surface area contributed by atoms with Crippen LogP contribution in [0.5, 0.6) is 0 Å². The van der Waals surface area contributed by atoms with Crippen molar-refractivity contribution in [2.75, 3.05) is 16.8 Å². The number of carboxylic acid groups (broad SMARTS) is 1. The number of carbonyl (C=O) groups is 3. The van der Waals surface area contributed by atoms with Crippen molar-refractivity contribution in [3.63, 3.8) is 0 Å². The predicted octanol–water partition coefficient (Wildman–Crippen LogP) is 1.70. The average molecular weight is 358 g/mol. The quantitative estimate of drug-likeness (QED) is 0.901. The molecule has 3 rings (SSSR count). The van der Waals surface area contributed by atoms with Crippen LogP contribution in [0.1, 0.15) is 16.8 Å². The summed E-state index contributed by atoms with van der Waals surface area (Å²) in [6, 6.07) is 12.6. The van der Waals surface area contributed by atoms with Gasteiger partial charge >= 0.3 is 0 Å². The summed E-state index contributed by atoms with van der Waals surface area (Å²) in [4.78, 5) is 37.0. The van der Waals surface area contributed by atoms with E-state index in [4.69, 9.17) is 11.6 Å². The zero-order valence-corrected chi connectivity index (χ0v) is 13.8. The van der Waals surface area contributed by atoms with Gasteiger partial charge in [0.2, 0.25) is 11.8 Å². The minimum absolute atomic E-state index is 0.0249. The summed E-state index contributed by atoms with van der Waals surface area (Å²) < 4.78 is 0. The molecule has 1 N–H and O–H groups in total. The van der Waals surface area contributed by atoms with Gasteiger partial charge in [0.1, 0.15) is 0 Å². The lowest BCUT2D eigenvalue weighted by molar-refractivity contribution is -0.255. The molecule has 0 aromatic heterocycles. The number of carboxylic acids is 1. The number of hydrogen-bond acceptors (Lipinski definition) is 4. The molecule has 0 radical (unpaired) electrons. The first-order valence-electron chi connectivity index (χ1n) is 7.62. The van der Waals surface area contributed by atoms with Crippen LogP contribution in [0.2, 0.25) is 5.02 Å². The third kappa shape index (κ3) is 3.80. The molecule has 0 spiro atoms. The van der Waals surface area contributed by atoms with Crippen molar-refractivity contribution < 1.29 is 19.5 Å². The molecule has 7 heteroatoms. The Morgan fingerprint density at radius 3 is 2.56 bits per heavy atom. The number of hydrogen-bond donors (Lipinski definition) is 1. The number of benzene rings is 2. The van der Waals surface area contributed by atoms with Gasteiger partial charge in [0, 0.05) is 29.4 Å². The third-order valence-electron chi connectivity index (χ3n) is 4.00. The predicted molar refractivity (Wildman–Crippen MR) is 91.3 cm³/mol. The van der Waals surface area contributed by atoms with Crippen molar-refractivity contribution in [2.24, 2.45) is 5.92 Å². The van der Waals surface area contributed by atoms with E-state index in [-0.39, 0.29) is 30.3 Å². The topological polar surface area (TPSA) is 89.5 Å². The van der Waals surface area contributed by atoms with Crippen LogP contribution in [0.15, 0.2) is 48.5 Å². The first kappa shape index (κ1) is 17.0. The summed E-state index contributed by atoms with van der Waals surface area (Å²) in [5, 5.41) is 14.1. The van der Waals surface area contributed by atoms with E-state index >= 15 is 0 Å². The van der Waals surface area contributed by atoms with Crippen LogP contribution in [0.25, 0.3) is 0 Å². The Labute approximate surface area is 149 Å². The molecule has 0 aliphatic carbocycles. The monoisotopic (exact) mass is 357 g/mol. The lowest BCUT2D eigenvalue weighted by Gasteiger charge is -2.17. The summed E-state index contributed by atoms with van der Waals surface area (Å²) in [7, 11) is 0. The molecule has 1 aliphatic rings. The highest BCUT2D eigenvalue weighted by Crippen LogP contribution is 2.27. The molecule has 2 amide bonds. The molecule has 0 unspecified atom stereocenters. The van der Waals surface area contributed by atoms with E-state index in [2.05, 4.69) is 5.32 Å². The van der Waals surface area contributed by atoms with Gasteiger partial charge in [0.15, 0.2) is 0 Å². The zero-order valence-electron chi connectivity index (χ0n) is 13.1. The maximum absolute atomic E-state index is 12.4. The molecule has 0 bridgehead atoms. The van der Waals surface area contributed by atoms with E-state index in [9.17, 15) is 19.5 Å². The smallest absolute Gasteiger partial charge is 0.229 e. The summed E-state index contributed by atoms with van der Waals surface area (Å²) >= 11 is 5.85. The van der Waals surface area contributed by atoms with Gasteiger partial charge in [0.25, 0.3) is 0 Å². The molecule has 1 heterocycles. The van der Waals surface area contributed by atoms with Crippen molar-refractivity contribution in [1.29, 1.82) is 0 Å². The molecule has 1 atom stereocenters. The number of nitrogens with one attached hydrogen (secondary N) is 1. The molecule has 1 aliphatic heterocycles. The van der Waals surface area contributed by atoms with Crippen molar-refractivity contribution in [1.82, 2.24) is 0 Å². The highest BCUT2D eigenvalue weighted by Gasteiger charge is 2.35. The van der Waals surface area contributed by atoms with E-state index in [0.29, 0.717) is 16.4 Å². The number of carbonyl (C=O) groups excluding carboxylic acids is 3. The Morgan fingerprint density at radius 2 is 1.88 bits per heavy atom. The van der Waals surface area contributed by atoms with Gasteiger partial charge in [-0.1, -0.05) is 23.7 Å². The highest BCUT2D eigenvalue weighted by atomic mass is 35.5. The summed E-state index contributed by atoms with van der Waals surface area (Å²) in [5.74, 6) is -2.32. The van der Waals surface area contributed by atoms with Gasteiger partial charge < -0.3 is 20.1 Å². The maximum atomic E-state index is 12.4. The Hall–Kier alpha value is -2.86. The van der Waals surface area contributed by atoms with E-state index < -0.39 is 11.9 Å². The van der Waals surface area contributed by atoms with Gasteiger partial charge in [-0.15, -0.1) is 0 Å². The van der Waals surface area contributed by atoms with Crippen LogP contribution in [0.4, 0.5) is 11.4 Å². The maximum Gasteiger partial charge on any atom is 0.229 e. The molecule has 6 nitrogen and oxygen atoms in total. The van der Waals surface area contributed by atoms with Crippen molar-refractivity contribution in [2.45, 2.75) is 6.42 Å². The molecule has 2 aromatic carbocycles. The fourth-order valence-corrected chi connectivity index (χ4v) is 2.85. The Morgan fingerprint density at radius 1 is 1.16 bits per heavy atom. The molecule has 1 fully saturated rings.